The Morgan fingerprint density at radius 1 is 0.643 bits per heavy atom. The van der Waals surface area contributed by atoms with Crippen LogP contribution < -0.4 is 0 Å². The highest BCUT2D eigenvalue weighted by Crippen LogP contribution is 2.56. The van der Waals surface area contributed by atoms with Crippen LogP contribution >= 0.6 is 0 Å². The van der Waals surface area contributed by atoms with Crippen LogP contribution in [0.2, 0.25) is 0 Å². The van der Waals surface area contributed by atoms with E-state index >= 15 is 0 Å². The van der Waals surface area contributed by atoms with Gasteiger partial charge in [0.15, 0.2) is 0 Å². The van der Waals surface area contributed by atoms with Gasteiger partial charge < -0.3 is 10.0 Å². The highest BCUT2D eigenvalue weighted by Gasteiger charge is 2.55. The molecule has 1 N–H and O–H groups in total. The van der Waals surface area contributed by atoms with Gasteiger partial charge in [-0.15, -0.1) is 0 Å². The fourth-order valence-corrected chi connectivity index (χ4v) is 5.38. The number of aliphatic hydroxyl groups is 1. The molecule has 3 saturated heterocycles. The van der Waals surface area contributed by atoms with E-state index in [9.17, 15) is 5.11 Å². The summed E-state index contributed by atoms with van der Waals surface area (Å²) in [5.41, 5.74) is 3.34. The van der Waals surface area contributed by atoms with Gasteiger partial charge in [0.2, 0.25) is 0 Å². The second kappa shape index (κ2) is 6.88. The van der Waals surface area contributed by atoms with Crippen molar-refractivity contribution in [2.24, 2.45) is 5.41 Å². The van der Waals surface area contributed by atoms with E-state index < -0.39 is 5.60 Å². The molecule has 3 heterocycles. The van der Waals surface area contributed by atoms with Gasteiger partial charge in [-0.3, -0.25) is 0 Å². The fraction of sp³-hybridized carbons (Fsp3) is 0.308. The van der Waals surface area contributed by atoms with Gasteiger partial charge in [0.1, 0.15) is 5.60 Å². The lowest BCUT2D eigenvalue weighted by atomic mass is 9.57. The molecular weight excluding hydrogens is 342 g/mol. The Bertz CT molecular complexity index is 931. The molecule has 0 aliphatic carbocycles. The van der Waals surface area contributed by atoms with Crippen LogP contribution in [0.4, 0.5) is 0 Å². The van der Waals surface area contributed by atoms with Crippen LogP contribution in [0, 0.1) is 5.41 Å². The van der Waals surface area contributed by atoms with Crippen molar-refractivity contribution >= 4 is 0 Å². The molecule has 3 aliphatic rings. The van der Waals surface area contributed by atoms with E-state index in [1.165, 1.54) is 5.56 Å². The van der Waals surface area contributed by atoms with Gasteiger partial charge in [-0.05, 0) is 67.2 Å². The van der Waals surface area contributed by atoms with Crippen LogP contribution in [0.3, 0.4) is 0 Å². The quantitative estimate of drug-likeness (QED) is 0.694. The van der Waals surface area contributed by atoms with Crippen LogP contribution in [0.25, 0.3) is 11.1 Å². The van der Waals surface area contributed by atoms with Gasteiger partial charge in [-0.1, -0.05) is 78.9 Å². The maximum absolute atomic E-state index is 12.5. The van der Waals surface area contributed by atoms with Gasteiger partial charge in [0.05, 0.1) is 0 Å². The molecule has 2 bridgehead atoms. The average Bonchev–Trinajstić information content (AvgIpc) is 2.81. The van der Waals surface area contributed by atoms with Gasteiger partial charge in [-0.2, -0.15) is 0 Å². The van der Waals surface area contributed by atoms with Crippen LogP contribution in [0.1, 0.15) is 30.4 Å². The molecule has 142 valence electrons. The number of fused-ring (bicyclic) bond motifs is 3. The molecule has 2 heteroatoms. The summed E-state index contributed by atoms with van der Waals surface area (Å²) in [5.74, 6) is 0. The minimum absolute atomic E-state index is 0.0988. The van der Waals surface area contributed by atoms with Crippen molar-refractivity contribution < 1.29 is 5.11 Å². The van der Waals surface area contributed by atoms with Crippen molar-refractivity contribution in [2.45, 2.75) is 24.9 Å². The third-order valence-electron chi connectivity index (χ3n) is 7.07. The number of hydrogen-bond acceptors (Lipinski definition) is 2. The Kier molecular flexibility index (Phi) is 4.34. The van der Waals surface area contributed by atoms with Gasteiger partial charge in [0, 0.05) is 5.41 Å². The smallest absolute Gasteiger partial charge is 0.120 e. The molecule has 1 atom stereocenters. The lowest BCUT2D eigenvalue weighted by Crippen LogP contribution is -2.58. The summed E-state index contributed by atoms with van der Waals surface area (Å²) in [4.78, 5) is 2.54. The van der Waals surface area contributed by atoms with Crippen molar-refractivity contribution in [3.05, 3.63) is 96.1 Å². The highest BCUT2D eigenvalue weighted by molar-refractivity contribution is 5.65. The summed E-state index contributed by atoms with van der Waals surface area (Å²) in [6, 6.07) is 29.4. The minimum Gasteiger partial charge on any atom is -0.380 e. The van der Waals surface area contributed by atoms with Crippen molar-refractivity contribution in [1.29, 1.82) is 0 Å². The maximum Gasteiger partial charge on any atom is 0.120 e. The van der Waals surface area contributed by atoms with Gasteiger partial charge >= 0.3 is 0 Å². The molecule has 0 saturated carbocycles. The fourth-order valence-electron chi connectivity index (χ4n) is 5.38. The van der Waals surface area contributed by atoms with E-state index in [-0.39, 0.29) is 5.41 Å². The van der Waals surface area contributed by atoms with Crippen LogP contribution in [-0.2, 0) is 5.60 Å². The van der Waals surface area contributed by atoms with Crippen molar-refractivity contribution in [2.75, 3.05) is 19.6 Å². The van der Waals surface area contributed by atoms with E-state index in [4.69, 9.17) is 0 Å². The average molecular weight is 370 g/mol. The third kappa shape index (κ3) is 2.71. The van der Waals surface area contributed by atoms with Crippen molar-refractivity contribution in [3.63, 3.8) is 0 Å². The Balaban J connectivity index is 1.68. The first-order valence-corrected chi connectivity index (χ1v) is 10.4. The predicted octanol–water partition coefficient (Wildman–Crippen LogP) is 5.08. The Labute approximate surface area is 167 Å². The second-order valence-electron chi connectivity index (χ2n) is 8.40. The van der Waals surface area contributed by atoms with E-state index in [1.54, 1.807) is 0 Å². The standard InChI is InChI=1S/C26H27NO/c28-26(23-11-5-2-6-12-23,25-14-17-27(18-15-25)19-16-25)24-13-7-10-22(20-24)21-8-3-1-4-9-21/h1-13,20,28H,14-19H2. The van der Waals surface area contributed by atoms with Gasteiger partial charge in [0.25, 0.3) is 0 Å². The van der Waals surface area contributed by atoms with Gasteiger partial charge in [-0.25, -0.2) is 0 Å². The first-order chi connectivity index (χ1) is 13.7. The number of rotatable bonds is 4. The Hall–Kier alpha value is -2.42. The number of hydrogen-bond donors (Lipinski definition) is 1. The number of piperidine rings is 3. The van der Waals surface area contributed by atoms with Crippen LogP contribution in [0.5, 0.6) is 0 Å². The SMILES string of the molecule is OC(c1ccccc1)(c1cccc(-c2ccccc2)c1)C12CCN(CC1)CC2. The molecule has 28 heavy (non-hydrogen) atoms. The van der Waals surface area contributed by atoms with Crippen LogP contribution in [-0.4, -0.2) is 29.6 Å². The molecule has 3 fully saturated rings. The molecule has 1 unspecified atom stereocenters. The zero-order valence-corrected chi connectivity index (χ0v) is 16.2. The highest BCUT2D eigenvalue weighted by atomic mass is 16.3. The summed E-state index contributed by atoms with van der Waals surface area (Å²) in [6.45, 7) is 3.27. The molecule has 0 aromatic heterocycles. The van der Waals surface area contributed by atoms with Crippen LogP contribution in [0.15, 0.2) is 84.9 Å². The van der Waals surface area contributed by atoms with E-state index in [0.29, 0.717) is 0 Å². The van der Waals surface area contributed by atoms with E-state index in [0.717, 1.165) is 55.6 Å². The Morgan fingerprint density at radius 3 is 1.82 bits per heavy atom. The maximum atomic E-state index is 12.5. The van der Waals surface area contributed by atoms with Crippen molar-refractivity contribution in [3.8, 4) is 11.1 Å². The number of nitrogens with zero attached hydrogens (tertiary/aromatic N) is 1. The largest absolute Gasteiger partial charge is 0.380 e. The summed E-state index contributed by atoms with van der Waals surface area (Å²) in [6.07, 6.45) is 3.15. The molecular formula is C26H27NO. The summed E-state index contributed by atoms with van der Waals surface area (Å²) >= 11 is 0. The summed E-state index contributed by atoms with van der Waals surface area (Å²) < 4.78 is 0. The molecule has 0 spiro atoms. The first kappa shape index (κ1) is 17.7. The molecule has 6 rings (SSSR count). The predicted molar refractivity (Wildman–Crippen MR) is 114 cm³/mol. The number of benzene rings is 3. The third-order valence-corrected chi connectivity index (χ3v) is 7.07. The normalized spacial score (nSPS) is 26.0. The molecule has 0 radical (unpaired) electrons. The lowest BCUT2D eigenvalue weighted by Gasteiger charge is -2.56. The zero-order valence-electron chi connectivity index (χ0n) is 16.2. The summed E-state index contributed by atoms with van der Waals surface area (Å²) in [7, 11) is 0. The molecule has 2 nitrogen and oxygen atoms in total. The zero-order chi connectivity index (χ0) is 19.0. The lowest BCUT2D eigenvalue weighted by molar-refractivity contribution is -0.125. The molecule has 0 amide bonds. The van der Waals surface area contributed by atoms with Crippen molar-refractivity contribution in [1.82, 2.24) is 4.90 Å². The second-order valence-corrected chi connectivity index (χ2v) is 8.40. The van der Waals surface area contributed by atoms with E-state index in [2.05, 4.69) is 77.7 Å². The topological polar surface area (TPSA) is 23.5 Å². The molecule has 3 aromatic rings. The monoisotopic (exact) mass is 369 g/mol. The first-order valence-electron chi connectivity index (χ1n) is 10.4. The van der Waals surface area contributed by atoms with E-state index in [1.807, 2.05) is 12.1 Å². The molecule has 3 aromatic carbocycles. The Morgan fingerprint density at radius 2 is 1.18 bits per heavy atom. The minimum atomic E-state index is -0.967. The summed E-state index contributed by atoms with van der Waals surface area (Å²) in [5, 5.41) is 12.5. The molecule has 3 aliphatic heterocycles.